The molecule has 0 unspecified atom stereocenters. The number of carbonyl (C=O) groups is 6. The van der Waals surface area contributed by atoms with Gasteiger partial charge in [0.1, 0.15) is 0 Å². The van der Waals surface area contributed by atoms with Gasteiger partial charge in [-0.2, -0.15) is 0 Å². The SMILES string of the molecule is C=CC(=O)OCCCCCCCOC(=O)c1ccc(C2CCC(C(=O)Oc3c4cc(-c5ccccc5)sc4c(OC(=O)C4CCC(c5ccc(C(=O)OCCCCCCCOC(=O)C=C)cc5)CC4)c4cc(-c5ccccc5)sc34)CC2)cc1. The van der Waals surface area contributed by atoms with Crippen LogP contribution in [0, 0.1) is 11.8 Å². The Morgan fingerprint density at radius 2 is 0.750 bits per heavy atom. The van der Waals surface area contributed by atoms with Crippen LogP contribution in [0.5, 0.6) is 11.5 Å². The highest BCUT2D eigenvalue weighted by molar-refractivity contribution is 7.24. The maximum Gasteiger partial charge on any atom is 0.338 e. The Morgan fingerprint density at radius 3 is 1.10 bits per heavy atom. The van der Waals surface area contributed by atoms with Crippen LogP contribution in [0.2, 0.25) is 0 Å². The third kappa shape index (κ3) is 16.4. The highest BCUT2D eigenvalue weighted by Crippen LogP contribution is 2.53. The van der Waals surface area contributed by atoms with Crippen molar-refractivity contribution in [2.75, 3.05) is 26.4 Å². The predicted octanol–water partition coefficient (Wildman–Crippen LogP) is 16.9. The second kappa shape index (κ2) is 30.7. The molecule has 84 heavy (non-hydrogen) atoms. The molecule has 0 atom stereocenters. The zero-order valence-corrected chi connectivity index (χ0v) is 49.3. The first-order valence-electron chi connectivity index (χ1n) is 29.8. The van der Waals surface area contributed by atoms with Crippen molar-refractivity contribution in [2.24, 2.45) is 11.8 Å². The summed E-state index contributed by atoms with van der Waals surface area (Å²) in [5.74, 6) is -1.25. The minimum absolute atomic E-state index is 0.232. The van der Waals surface area contributed by atoms with Crippen LogP contribution < -0.4 is 9.47 Å². The lowest BCUT2D eigenvalue weighted by Gasteiger charge is -2.28. The zero-order chi connectivity index (χ0) is 58.6. The van der Waals surface area contributed by atoms with E-state index in [2.05, 4.69) is 49.6 Å². The maximum absolute atomic E-state index is 14.5. The molecule has 2 heterocycles. The van der Waals surface area contributed by atoms with Crippen molar-refractivity contribution in [1.29, 1.82) is 0 Å². The molecule has 2 aliphatic rings. The number of ether oxygens (including phenoxy) is 6. The van der Waals surface area contributed by atoms with Crippen molar-refractivity contribution >= 4 is 78.7 Å². The number of benzene rings is 5. The van der Waals surface area contributed by atoms with Gasteiger partial charge in [0.2, 0.25) is 0 Å². The van der Waals surface area contributed by atoms with Crippen molar-refractivity contribution in [3.8, 4) is 32.4 Å². The van der Waals surface area contributed by atoms with Gasteiger partial charge in [-0.25, -0.2) is 19.2 Å². The Kier molecular flexibility index (Phi) is 22.3. The van der Waals surface area contributed by atoms with Gasteiger partial charge in [-0.05, 0) is 148 Å². The Morgan fingerprint density at radius 1 is 0.417 bits per heavy atom. The van der Waals surface area contributed by atoms with E-state index in [0.29, 0.717) is 74.7 Å². The van der Waals surface area contributed by atoms with Crippen LogP contribution in [0.3, 0.4) is 0 Å². The average molecular weight is 1170 g/mol. The van der Waals surface area contributed by atoms with Crippen molar-refractivity contribution in [2.45, 2.75) is 127 Å². The molecule has 0 amide bonds. The number of hydrogen-bond acceptors (Lipinski definition) is 14. The molecule has 2 saturated carbocycles. The fourth-order valence-electron chi connectivity index (χ4n) is 11.3. The first-order chi connectivity index (χ1) is 41.1. The summed E-state index contributed by atoms with van der Waals surface area (Å²) in [7, 11) is 0. The van der Waals surface area contributed by atoms with E-state index in [0.717, 1.165) is 154 Å². The van der Waals surface area contributed by atoms with Crippen LogP contribution in [0.25, 0.3) is 41.1 Å². The molecular formula is C70H74O12S2. The van der Waals surface area contributed by atoms with E-state index in [-0.39, 0.29) is 47.5 Å². The highest BCUT2D eigenvalue weighted by atomic mass is 32.1. The fraction of sp³-hybridized carbons (Fsp3) is 0.371. The molecule has 7 aromatic rings. The van der Waals surface area contributed by atoms with Gasteiger partial charge < -0.3 is 28.4 Å². The van der Waals surface area contributed by atoms with E-state index in [4.69, 9.17) is 28.4 Å². The summed E-state index contributed by atoms with van der Waals surface area (Å²) in [6.45, 7) is 8.25. The largest absolute Gasteiger partial charge is 0.463 e. The van der Waals surface area contributed by atoms with Crippen LogP contribution in [0.15, 0.2) is 147 Å². The molecule has 0 spiro atoms. The average Bonchev–Trinajstić information content (AvgIpc) is 2.16. The van der Waals surface area contributed by atoms with Crippen LogP contribution >= 0.6 is 22.7 Å². The normalized spacial score (nSPS) is 16.8. The van der Waals surface area contributed by atoms with E-state index in [9.17, 15) is 28.8 Å². The summed E-state index contributed by atoms with van der Waals surface area (Å²) in [6.07, 6.45) is 16.8. The molecular weight excluding hydrogens is 1100 g/mol. The third-order valence-electron chi connectivity index (χ3n) is 16.1. The van der Waals surface area contributed by atoms with Gasteiger partial charge in [-0.3, -0.25) is 9.59 Å². The van der Waals surface area contributed by atoms with Crippen LogP contribution in [0.1, 0.15) is 159 Å². The summed E-state index contributed by atoms with van der Waals surface area (Å²) in [5, 5.41) is 1.45. The topological polar surface area (TPSA) is 158 Å². The first kappa shape index (κ1) is 60.9. The molecule has 9 rings (SSSR count). The van der Waals surface area contributed by atoms with E-state index >= 15 is 0 Å². The van der Waals surface area contributed by atoms with Crippen molar-refractivity contribution in [3.05, 3.63) is 169 Å². The summed E-state index contributed by atoms with van der Waals surface area (Å²) in [4.78, 5) is 79.1. The molecule has 0 aliphatic heterocycles. The predicted molar refractivity (Wildman–Crippen MR) is 331 cm³/mol. The number of esters is 6. The van der Waals surface area contributed by atoms with Crippen molar-refractivity contribution in [3.63, 3.8) is 0 Å². The summed E-state index contributed by atoms with van der Waals surface area (Å²) in [5.41, 5.74) is 5.28. The molecule has 2 aliphatic carbocycles. The summed E-state index contributed by atoms with van der Waals surface area (Å²) in [6, 6.07) is 39.6. The van der Waals surface area contributed by atoms with Gasteiger partial charge in [0.25, 0.3) is 0 Å². The first-order valence-corrected chi connectivity index (χ1v) is 31.4. The van der Waals surface area contributed by atoms with Crippen molar-refractivity contribution in [1.82, 2.24) is 0 Å². The lowest BCUT2D eigenvalue weighted by atomic mass is 9.78. The van der Waals surface area contributed by atoms with Crippen LogP contribution in [0.4, 0.5) is 0 Å². The highest BCUT2D eigenvalue weighted by Gasteiger charge is 2.34. The number of unbranched alkanes of at least 4 members (excludes halogenated alkanes) is 8. The number of rotatable bonds is 28. The minimum atomic E-state index is -0.406. The second-order valence-electron chi connectivity index (χ2n) is 21.8. The Hall–Kier alpha value is -7.68. The van der Waals surface area contributed by atoms with Gasteiger partial charge >= 0.3 is 35.8 Å². The Balaban J connectivity index is 0.828. The number of thiophene rings is 2. The lowest BCUT2D eigenvalue weighted by molar-refractivity contribution is -0.140. The molecule has 14 heteroatoms. The van der Waals surface area contributed by atoms with Gasteiger partial charge in [-0.15, -0.1) is 22.7 Å². The van der Waals surface area contributed by atoms with E-state index in [1.54, 1.807) is 0 Å². The molecule has 438 valence electrons. The van der Waals surface area contributed by atoms with E-state index < -0.39 is 11.9 Å². The summed E-state index contributed by atoms with van der Waals surface area (Å²) < 4.78 is 36.0. The van der Waals surface area contributed by atoms with Gasteiger partial charge in [0.05, 0.1) is 58.8 Å². The zero-order valence-electron chi connectivity index (χ0n) is 47.7. The molecule has 12 nitrogen and oxygen atoms in total. The molecule has 0 radical (unpaired) electrons. The second-order valence-corrected chi connectivity index (χ2v) is 23.9. The molecule has 0 N–H and O–H groups in total. The Bertz CT molecular complexity index is 3090. The maximum atomic E-state index is 14.5. The monoisotopic (exact) mass is 1170 g/mol. The number of carbonyl (C=O) groups excluding carboxylic acids is 6. The smallest absolute Gasteiger partial charge is 0.338 e. The van der Waals surface area contributed by atoms with E-state index in [1.165, 1.54) is 22.7 Å². The fourth-order valence-corrected chi connectivity index (χ4v) is 13.6. The molecule has 2 fully saturated rings. The minimum Gasteiger partial charge on any atom is -0.463 e. The Labute approximate surface area is 500 Å². The molecule has 0 saturated heterocycles. The van der Waals surface area contributed by atoms with Gasteiger partial charge in [-0.1, -0.05) is 137 Å². The number of fused-ring (bicyclic) bond motifs is 2. The molecule has 0 bridgehead atoms. The van der Waals surface area contributed by atoms with Gasteiger partial charge in [0.15, 0.2) is 11.5 Å². The molecule has 5 aromatic carbocycles. The molecule has 2 aromatic heterocycles. The lowest BCUT2D eigenvalue weighted by Crippen LogP contribution is -2.25. The van der Waals surface area contributed by atoms with Crippen molar-refractivity contribution < 1.29 is 57.2 Å². The third-order valence-corrected chi connectivity index (χ3v) is 18.5. The standard InChI is InChI=1S/C70H74O12S2/c1-3-61(71)77-41-17-7-5-9-19-43-79-67(73)53-33-25-47(26-34-53)49-29-37-55(38-30-49)69(75)81-63-57-45-59(51-21-13-11-14-22-51)84-66(57)64(58-46-60(83-65(58)63)52-23-15-12-16-24-52)82-70(76)56-39-31-50(32-40-56)48-27-35-54(36-28-48)68(74)80-44-20-10-6-8-18-42-78-62(72)4-2/h3-4,11-16,21-28,33-36,45-46,49-50,55-56H,1-2,5-10,17-20,29-32,37-44H2. The van der Waals surface area contributed by atoms with E-state index in [1.807, 2.05) is 84.9 Å². The van der Waals surface area contributed by atoms with Gasteiger partial charge in [0, 0.05) is 32.7 Å². The number of hydrogen-bond donors (Lipinski definition) is 0. The summed E-state index contributed by atoms with van der Waals surface area (Å²) >= 11 is 3.06. The van der Waals surface area contributed by atoms with Crippen LogP contribution in [-0.4, -0.2) is 62.2 Å². The quantitative estimate of drug-likeness (QED) is 0.0150. The van der Waals surface area contributed by atoms with Crippen LogP contribution in [-0.2, 0) is 38.1 Å².